The number of amides is 2. The van der Waals surface area contributed by atoms with Crippen molar-refractivity contribution in [2.24, 2.45) is 5.92 Å². The summed E-state index contributed by atoms with van der Waals surface area (Å²) in [4.78, 5) is 33.6. The first-order valence-corrected chi connectivity index (χ1v) is 6.26. The Morgan fingerprint density at radius 2 is 2.00 bits per heavy atom. The molecule has 0 spiro atoms. The van der Waals surface area contributed by atoms with Crippen LogP contribution >= 0.6 is 0 Å². The molecule has 2 rings (SSSR count). The van der Waals surface area contributed by atoms with E-state index in [4.69, 9.17) is 0 Å². The van der Waals surface area contributed by atoms with Gasteiger partial charge in [0, 0.05) is 30.9 Å². The number of likely N-dealkylation sites (tertiary alicyclic amines) is 1. The molecule has 1 aliphatic rings. The van der Waals surface area contributed by atoms with Crippen molar-refractivity contribution in [2.45, 2.75) is 32.7 Å². The lowest BCUT2D eigenvalue weighted by Crippen LogP contribution is -2.42. The van der Waals surface area contributed by atoms with Gasteiger partial charge in [-0.05, 0) is 26.8 Å². The first-order chi connectivity index (χ1) is 8.88. The van der Waals surface area contributed by atoms with Crippen molar-refractivity contribution in [3.63, 3.8) is 0 Å². The highest BCUT2D eigenvalue weighted by Gasteiger charge is 2.39. The number of nitrogens with one attached hydrogen (secondary N) is 1. The Bertz CT molecular complexity index is 481. The third-order valence-electron chi connectivity index (χ3n) is 3.11. The standard InChI is InChI=1S/C13H18N4O2/c1-13(2,3)17-8-9(7-10(17)18)11(19)16-12-14-5-4-6-15-12/h4-6,9H,7-8H2,1-3H3,(H,14,15,16,19). The molecule has 1 saturated heterocycles. The Kier molecular flexibility index (Phi) is 3.50. The van der Waals surface area contributed by atoms with E-state index in [9.17, 15) is 9.59 Å². The average Bonchev–Trinajstić information content (AvgIpc) is 2.72. The van der Waals surface area contributed by atoms with Crippen molar-refractivity contribution in [2.75, 3.05) is 11.9 Å². The van der Waals surface area contributed by atoms with Gasteiger partial charge in [0.25, 0.3) is 0 Å². The number of carbonyl (C=O) groups excluding carboxylic acids is 2. The average molecular weight is 262 g/mol. The first-order valence-electron chi connectivity index (χ1n) is 6.26. The van der Waals surface area contributed by atoms with Gasteiger partial charge in [0.15, 0.2) is 0 Å². The van der Waals surface area contributed by atoms with E-state index in [1.807, 2.05) is 20.8 Å². The molecule has 6 nitrogen and oxygen atoms in total. The van der Waals surface area contributed by atoms with Crippen molar-refractivity contribution < 1.29 is 9.59 Å². The predicted octanol–water partition coefficient (Wildman–Crippen LogP) is 1.06. The summed E-state index contributed by atoms with van der Waals surface area (Å²) in [5.74, 6) is -0.252. The first kappa shape index (κ1) is 13.5. The van der Waals surface area contributed by atoms with Crippen molar-refractivity contribution >= 4 is 17.8 Å². The maximum atomic E-state index is 12.1. The van der Waals surface area contributed by atoms with Gasteiger partial charge in [0.05, 0.1) is 5.92 Å². The third kappa shape index (κ3) is 3.07. The van der Waals surface area contributed by atoms with Crippen LogP contribution in [0, 0.1) is 5.92 Å². The summed E-state index contributed by atoms with van der Waals surface area (Å²) in [6.07, 6.45) is 3.36. The summed E-state index contributed by atoms with van der Waals surface area (Å²) in [5, 5.41) is 2.64. The Morgan fingerprint density at radius 1 is 1.37 bits per heavy atom. The summed E-state index contributed by atoms with van der Waals surface area (Å²) >= 11 is 0. The van der Waals surface area contributed by atoms with Gasteiger partial charge in [-0.15, -0.1) is 0 Å². The maximum Gasteiger partial charge on any atom is 0.232 e. The molecule has 0 aromatic carbocycles. The molecule has 1 aromatic heterocycles. The number of hydrogen-bond acceptors (Lipinski definition) is 4. The largest absolute Gasteiger partial charge is 0.337 e. The van der Waals surface area contributed by atoms with Crippen LogP contribution in [0.15, 0.2) is 18.5 Å². The monoisotopic (exact) mass is 262 g/mol. The van der Waals surface area contributed by atoms with Gasteiger partial charge < -0.3 is 4.90 Å². The Labute approximate surface area is 112 Å². The number of anilines is 1. The van der Waals surface area contributed by atoms with Gasteiger partial charge in [0.1, 0.15) is 0 Å². The second kappa shape index (κ2) is 4.95. The van der Waals surface area contributed by atoms with Gasteiger partial charge in [0.2, 0.25) is 17.8 Å². The van der Waals surface area contributed by atoms with Gasteiger partial charge in [-0.25, -0.2) is 9.97 Å². The highest BCUT2D eigenvalue weighted by Crippen LogP contribution is 2.26. The lowest BCUT2D eigenvalue weighted by atomic mass is 10.1. The Morgan fingerprint density at radius 3 is 2.53 bits per heavy atom. The van der Waals surface area contributed by atoms with Crippen LogP contribution in [0.4, 0.5) is 5.95 Å². The van der Waals surface area contributed by atoms with Crippen LogP contribution in [0.2, 0.25) is 0 Å². The SMILES string of the molecule is CC(C)(C)N1CC(C(=O)Nc2ncccn2)CC1=O. The topological polar surface area (TPSA) is 75.2 Å². The molecule has 1 unspecified atom stereocenters. The number of aromatic nitrogens is 2. The van der Waals surface area contributed by atoms with Crippen LogP contribution in [0.3, 0.4) is 0 Å². The van der Waals surface area contributed by atoms with Crippen molar-refractivity contribution in [1.82, 2.24) is 14.9 Å². The fourth-order valence-electron chi connectivity index (χ4n) is 2.11. The van der Waals surface area contributed by atoms with Crippen LogP contribution in [-0.2, 0) is 9.59 Å². The van der Waals surface area contributed by atoms with E-state index >= 15 is 0 Å². The highest BCUT2D eigenvalue weighted by molar-refractivity contribution is 5.96. The van der Waals surface area contributed by atoms with E-state index < -0.39 is 0 Å². The Hall–Kier alpha value is -1.98. The van der Waals surface area contributed by atoms with Gasteiger partial charge in [-0.3, -0.25) is 14.9 Å². The minimum absolute atomic E-state index is 0.0154. The quantitative estimate of drug-likeness (QED) is 0.864. The molecular weight excluding hydrogens is 244 g/mol. The number of hydrogen-bond donors (Lipinski definition) is 1. The van der Waals surface area contributed by atoms with Crippen LogP contribution in [0.25, 0.3) is 0 Å². The third-order valence-corrected chi connectivity index (χ3v) is 3.11. The maximum absolute atomic E-state index is 12.1. The van der Waals surface area contributed by atoms with E-state index in [2.05, 4.69) is 15.3 Å². The van der Waals surface area contributed by atoms with E-state index in [0.29, 0.717) is 6.54 Å². The molecule has 1 aliphatic heterocycles. The van der Waals surface area contributed by atoms with Crippen LogP contribution in [0.1, 0.15) is 27.2 Å². The normalized spacial score (nSPS) is 19.6. The van der Waals surface area contributed by atoms with Crippen molar-refractivity contribution in [3.8, 4) is 0 Å². The Balaban J connectivity index is 2.01. The smallest absolute Gasteiger partial charge is 0.232 e. The lowest BCUT2D eigenvalue weighted by molar-refractivity contribution is -0.131. The molecule has 1 fully saturated rings. The van der Waals surface area contributed by atoms with Crippen LogP contribution in [0.5, 0.6) is 0 Å². The molecule has 1 aromatic rings. The number of rotatable bonds is 2. The second-order valence-electron chi connectivity index (χ2n) is 5.64. The lowest BCUT2D eigenvalue weighted by Gasteiger charge is -2.31. The molecular formula is C13H18N4O2. The molecule has 0 radical (unpaired) electrons. The van der Waals surface area contributed by atoms with E-state index in [1.54, 1.807) is 23.4 Å². The fraction of sp³-hybridized carbons (Fsp3) is 0.538. The van der Waals surface area contributed by atoms with Crippen molar-refractivity contribution in [1.29, 1.82) is 0 Å². The van der Waals surface area contributed by atoms with Gasteiger partial charge in [-0.2, -0.15) is 0 Å². The molecule has 1 atom stereocenters. The summed E-state index contributed by atoms with van der Waals surface area (Å²) in [5.41, 5.74) is -0.255. The summed E-state index contributed by atoms with van der Waals surface area (Å²) < 4.78 is 0. The molecule has 2 heterocycles. The summed E-state index contributed by atoms with van der Waals surface area (Å²) in [7, 11) is 0. The molecule has 102 valence electrons. The van der Waals surface area contributed by atoms with Crippen molar-refractivity contribution in [3.05, 3.63) is 18.5 Å². The second-order valence-corrected chi connectivity index (χ2v) is 5.64. The number of carbonyl (C=O) groups is 2. The molecule has 19 heavy (non-hydrogen) atoms. The van der Waals surface area contributed by atoms with E-state index in [-0.39, 0.29) is 35.6 Å². The number of nitrogens with zero attached hydrogens (tertiary/aromatic N) is 3. The molecule has 0 aliphatic carbocycles. The zero-order chi connectivity index (χ0) is 14.0. The summed E-state index contributed by atoms with van der Waals surface area (Å²) in [6.45, 7) is 6.34. The zero-order valence-corrected chi connectivity index (χ0v) is 11.4. The highest BCUT2D eigenvalue weighted by atomic mass is 16.2. The summed E-state index contributed by atoms with van der Waals surface area (Å²) in [6, 6.07) is 1.68. The molecule has 0 saturated carbocycles. The minimum atomic E-state index is -0.337. The predicted molar refractivity (Wildman–Crippen MR) is 70.2 cm³/mol. The van der Waals surface area contributed by atoms with E-state index in [1.165, 1.54) is 0 Å². The van der Waals surface area contributed by atoms with Gasteiger partial charge in [-0.1, -0.05) is 0 Å². The zero-order valence-electron chi connectivity index (χ0n) is 11.4. The van der Waals surface area contributed by atoms with Crippen LogP contribution < -0.4 is 5.32 Å². The molecule has 0 bridgehead atoms. The van der Waals surface area contributed by atoms with Crippen LogP contribution in [-0.4, -0.2) is 38.8 Å². The minimum Gasteiger partial charge on any atom is -0.337 e. The van der Waals surface area contributed by atoms with Gasteiger partial charge >= 0.3 is 0 Å². The van der Waals surface area contributed by atoms with E-state index in [0.717, 1.165) is 0 Å². The molecule has 1 N–H and O–H groups in total. The fourth-order valence-corrected chi connectivity index (χ4v) is 2.11. The molecule has 2 amide bonds. The molecule has 6 heteroatoms.